The molecule has 0 bridgehead atoms. The summed E-state index contributed by atoms with van der Waals surface area (Å²) in [7, 11) is 2.27. The summed E-state index contributed by atoms with van der Waals surface area (Å²) in [5.74, 6) is 0.895. The van der Waals surface area contributed by atoms with Crippen molar-refractivity contribution in [3.8, 4) is 0 Å². The second kappa shape index (κ2) is 5.48. The smallest absolute Gasteiger partial charge is 0.0244 e. The van der Waals surface area contributed by atoms with Crippen LogP contribution in [0.5, 0.6) is 0 Å². The van der Waals surface area contributed by atoms with Crippen molar-refractivity contribution in [2.45, 2.75) is 44.7 Å². The summed E-state index contributed by atoms with van der Waals surface area (Å²) in [6.07, 6.45) is 5.55. The van der Waals surface area contributed by atoms with Crippen LogP contribution in [0.1, 0.15) is 32.6 Å². The molecule has 3 nitrogen and oxygen atoms in total. The van der Waals surface area contributed by atoms with Crippen LogP contribution in [0.3, 0.4) is 0 Å². The zero-order valence-electron chi connectivity index (χ0n) is 10.9. The first-order valence-electron chi connectivity index (χ1n) is 6.90. The first kappa shape index (κ1) is 12.3. The lowest BCUT2D eigenvalue weighted by atomic mass is 10.1. The standard InChI is InChI=1S/C13H27N3/c1-3-16-8-4-5-12(16)10-15(2)13(9-14)11-6-7-11/h11-13H,3-10,14H2,1-2H3. The van der Waals surface area contributed by atoms with Gasteiger partial charge in [-0.2, -0.15) is 0 Å². The van der Waals surface area contributed by atoms with Crippen molar-refractivity contribution in [3.05, 3.63) is 0 Å². The lowest BCUT2D eigenvalue weighted by molar-refractivity contribution is 0.154. The van der Waals surface area contributed by atoms with Gasteiger partial charge in [-0.3, -0.25) is 4.90 Å². The number of likely N-dealkylation sites (N-methyl/N-ethyl adjacent to an activating group) is 2. The molecule has 1 aliphatic carbocycles. The normalized spacial score (nSPS) is 28.9. The summed E-state index contributed by atoms with van der Waals surface area (Å²) in [6.45, 7) is 6.83. The highest BCUT2D eigenvalue weighted by molar-refractivity contribution is 4.90. The summed E-state index contributed by atoms with van der Waals surface area (Å²) in [5.41, 5.74) is 5.90. The van der Waals surface area contributed by atoms with Crippen LogP contribution in [-0.4, -0.2) is 55.1 Å². The fraction of sp³-hybridized carbons (Fsp3) is 1.00. The van der Waals surface area contributed by atoms with Gasteiger partial charge in [0.15, 0.2) is 0 Å². The van der Waals surface area contributed by atoms with E-state index in [-0.39, 0.29) is 0 Å². The Hall–Kier alpha value is -0.120. The molecule has 2 atom stereocenters. The predicted molar refractivity (Wildman–Crippen MR) is 68.5 cm³/mol. The summed E-state index contributed by atoms with van der Waals surface area (Å²) >= 11 is 0. The molecule has 0 aromatic rings. The minimum atomic E-state index is 0.638. The highest BCUT2D eigenvalue weighted by Crippen LogP contribution is 2.34. The summed E-state index contributed by atoms with van der Waals surface area (Å²) in [6, 6.07) is 1.42. The molecule has 94 valence electrons. The molecule has 1 aliphatic heterocycles. The van der Waals surface area contributed by atoms with Crippen LogP contribution in [0, 0.1) is 5.92 Å². The minimum Gasteiger partial charge on any atom is -0.329 e. The quantitative estimate of drug-likeness (QED) is 0.736. The number of hydrogen-bond acceptors (Lipinski definition) is 3. The van der Waals surface area contributed by atoms with Gasteiger partial charge in [-0.05, 0) is 51.7 Å². The lowest BCUT2D eigenvalue weighted by Gasteiger charge is -2.32. The van der Waals surface area contributed by atoms with Gasteiger partial charge in [0.25, 0.3) is 0 Å². The second-order valence-electron chi connectivity index (χ2n) is 5.50. The number of nitrogens with zero attached hydrogens (tertiary/aromatic N) is 2. The molecule has 0 radical (unpaired) electrons. The molecule has 1 saturated heterocycles. The Morgan fingerprint density at radius 3 is 2.69 bits per heavy atom. The van der Waals surface area contributed by atoms with E-state index in [2.05, 4.69) is 23.8 Å². The van der Waals surface area contributed by atoms with E-state index >= 15 is 0 Å². The van der Waals surface area contributed by atoms with E-state index in [0.717, 1.165) is 18.5 Å². The van der Waals surface area contributed by atoms with Gasteiger partial charge in [0.05, 0.1) is 0 Å². The summed E-state index contributed by atoms with van der Waals surface area (Å²) in [5, 5.41) is 0. The average Bonchev–Trinajstić information content (AvgIpc) is 3.00. The van der Waals surface area contributed by atoms with Crippen molar-refractivity contribution < 1.29 is 0 Å². The third kappa shape index (κ3) is 2.76. The fourth-order valence-electron chi connectivity index (χ4n) is 3.20. The third-order valence-electron chi connectivity index (χ3n) is 4.38. The van der Waals surface area contributed by atoms with Gasteiger partial charge in [0.1, 0.15) is 0 Å². The monoisotopic (exact) mass is 225 g/mol. The highest BCUT2D eigenvalue weighted by atomic mass is 15.2. The fourth-order valence-corrected chi connectivity index (χ4v) is 3.20. The molecule has 2 rings (SSSR count). The van der Waals surface area contributed by atoms with Crippen molar-refractivity contribution >= 4 is 0 Å². The van der Waals surface area contributed by atoms with Gasteiger partial charge in [-0.1, -0.05) is 6.92 Å². The topological polar surface area (TPSA) is 32.5 Å². The Morgan fingerprint density at radius 2 is 2.12 bits per heavy atom. The van der Waals surface area contributed by atoms with Crippen molar-refractivity contribution in [1.82, 2.24) is 9.80 Å². The summed E-state index contributed by atoms with van der Waals surface area (Å²) in [4.78, 5) is 5.15. The first-order chi connectivity index (χ1) is 7.76. The van der Waals surface area contributed by atoms with Crippen LogP contribution in [0.4, 0.5) is 0 Å². The van der Waals surface area contributed by atoms with Crippen LogP contribution in [-0.2, 0) is 0 Å². The molecule has 1 heterocycles. The number of hydrogen-bond donors (Lipinski definition) is 1. The Kier molecular flexibility index (Phi) is 4.22. The van der Waals surface area contributed by atoms with Gasteiger partial charge >= 0.3 is 0 Å². The minimum absolute atomic E-state index is 0.638. The van der Waals surface area contributed by atoms with Gasteiger partial charge in [0.2, 0.25) is 0 Å². The Morgan fingerprint density at radius 1 is 1.38 bits per heavy atom. The molecule has 2 unspecified atom stereocenters. The van der Waals surface area contributed by atoms with E-state index in [1.807, 2.05) is 0 Å². The molecule has 0 spiro atoms. The Labute approximate surface area is 100.0 Å². The van der Waals surface area contributed by atoms with E-state index in [0.29, 0.717) is 6.04 Å². The SMILES string of the molecule is CCN1CCCC1CN(C)C(CN)C1CC1. The molecule has 2 fully saturated rings. The van der Waals surface area contributed by atoms with Crippen LogP contribution in [0.25, 0.3) is 0 Å². The van der Waals surface area contributed by atoms with Crippen LogP contribution in [0.2, 0.25) is 0 Å². The average molecular weight is 225 g/mol. The van der Waals surface area contributed by atoms with Crippen molar-refractivity contribution in [2.75, 3.05) is 33.2 Å². The molecule has 0 amide bonds. The maximum atomic E-state index is 5.90. The summed E-state index contributed by atoms with van der Waals surface area (Å²) < 4.78 is 0. The maximum Gasteiger partial charge on any atom is 0.0244 e. The predicted octanol–water partition coefficient (Wildman–Crippen LogP) is 1.14. The van der Waals surface area contributed by atoms with Gasteiger partial charge < -0.3 is 10.6 Å². The van der Waals surface area contributed by atoms with Crippen LogP contribution >= 0.6 is 0 Å². The highest BCUT2D eigenvalue weighted by Gasteiger charge is 2.34. The molecule has 0 aromatic heterocycles. The van der Waals surface area contributed by atoms with Crippen molar-refractivity contribution in [3.63, 3.8) is 0 Å². The van der Waals surface area contributed by atoms with Gasteiger partial charge in [0, 0.05) is 25.2 Å². The third-order valence-corrected chi connectivity index (χ3v) is 4.38. The zero-order chi connectivity index (χ0) is 11.5. The number of nitrogens with two attached hydrogens (primary N) is 1. The van der Waals surface area contributed by atoms with E-state index < -0.39 is 0 Å². The maximum absolute atomic E-state index is 5.90. The lowest BCUT2D eigenvalue weighted by Crippen LogP contribution is -2.46. The largest absolute Gasteiger partial charge is 0.329 e. The van der Waals surface area contributed by atoms with Crippen molar-refractivity contribution in [2.24, 2.45) is 11.7 Å². The van der Waals surface area contributed by atoms with E-state index in [9.17, 15) is 0 Å². The second-order valence-corrected chi connectivity index (χ2v) is 5.50. The Balaban J connectivity index is 1.82. The molecule has 0 aromatic carbocycles. The van der Waals surface area contributed by atoms with Crippen molar-refractivity contribution in [1.29, 1.82) is 0 Å². The van der Waals surface area contributed by atoms with Crippen LogP contribution in [0.15, 0.2) is 0 Å². The van der Waals surface area contributed by atoms with Crippen LogP contribution < -0.4 is 5.73 Å². The molecular formula is C13H27N3. The van der Waals surface area contributed by atoms with E-state index in [4.69, 9.17) is 5.73 Å². The van der Waals surface area contributed by atoms with Gasteiger partial charge in [-0.15, -0.1) is 0 Å². The molecule has 3 heteroatoms. The molecular weight excluding hydrogens is 198 g/mol. The first-order valence-corrected chi connectivity index (χ1v) is 6.90. The van der Waals surface area contributed by atoms with E-state index in [1.165, 1.54) is 45.3 Å². The molecule has 16 heavy (non-hydrogen) atoms. The number of likely N-dealkylation sites (tertiary alicyclic amines) is 1. The molecule has 2 N–H and O–H groups in total. The van der Waals surface area contributed by atoms with E-state index in [1.54, 1.807) is 0 Å². The molecule has 2 aliphatic rings. The number of rotatable bonds is 6. The van der Waals surface area contributed by atoms with Gasteiger partial charge in [-0.25, -0.2) is 0 Å². The Bertz CT molecular complexity index is 215. The molecule has 1 saturated carbocycles. The zero-order valence-corrected chi connectivity index (χ0v) is 10.9.